The lowest BCUT2D eigenvalue weighted by Crippen LogP contribution is -2.46. The van der Waals surface area contributed by atoms with Gasteiger partial charge < -0.3 is 9.47 Å². The number of imide groups is 1. The average Bonchev–Trinajstić information content (AvgIpc) is 3.63. The molecule has 2 saturated heterocycles. The summed E-state index contributed by atoms with van der Waals surface area (Å²) in [6.45, 7) is 4.14. The summed E-state index contributed by atoms with van der Waals surface area (Å²) in [6, 6.07) is 24.7. The molecule has 6 rings (SSSR count). The number of anilines is 1. The fourth-order valence-corrected chi connectivity index (χ4v) is 6.30. The van der Waals surface area contributed by atoms with Crippen LogP contribution < -0.4 is 9.64 Å². The molecule has 0 radical (unpaired) electrons. The Labute approximate surface area is 244 Å². The third-order valence-corrected chi connectivity index (χ3v) is 8.14. The number of rotatable bonds is 8. The van der Waals surface area contributed by atoms with Gasteiger partial charge in [-0.25, -0.2) is 9.58 Å². The minimum Gasteiger partial charge on any atom is -0.497 e. The summed E-state index contributed by atoms with van der Waals surface area (Å²) in [5.41, 5.74) is 3.76. The van der Waals surface area contributed by atoms with Gasteiger partial charge in [0.15, 0.2) is 0 Å². The number of aryl methyl sites for hydroxylation is 1. The smallest absolute Gasteiger partial charge is 0.324 e. The molecular weight excluding hydrogens is 532 g/mol. The van der Waals surface area contributed by atoms with Crippen molar-refractivity contribution in [2.45, 2.75) is 32.5 Å². The molecule has 2 fully saturated rings. The fourth-order valence-electron chi connectivity index (χ4n) is 6.30. The van der Waals surface area contributed by atoms with Crippen LogP contribution in [0.1, 0.15) is 29.8 Å². The molecule has 0 aliphatic carbocycles. The number of hydrogen-bond acceptors (Lipinski definition) is 7. The van der Waals surface area contributed by atoms with E-state index in [1.807, 2.05) is 78.7 Å². The Morgan fingerprint density at radius 3 is 2.14 bits per heavy atom. The largest absolute Gasteiger partial charge is 0.497 e. The van der Waals surface area contributed by atoms with Crippen molar-refractivity contribution in [1.82, 2.24) is 14.7 Å². The SMILES string of the molecule is CCOC(=O)[C@H]1[C@@H]2C(=O)N(c3ccc(OC)cc3)C(=O)[C@@H]2[C@H](c2cn(-c3ccccc3)nc2C)N1Cc1ccccc1. The molecule has 9 nitrogen and oxygen atoms in total. The summed E-state index contributed by atoms with van der Waals surface area (Å²) in [6.07, 6.45) is 1.91. The maximum absolute atomic E-state index is 14.3. The van der Waals surface area contributed by atoms with Crippen LogP contribution in [0.25, 0.3) is 5.69 Å². The number of carbonyl (C=O) groups is 3. The second-order valence-electron chi connectivity index (χ2n) is 10.5. The van der Waals surface area contributed by atoms with E-state index >= 15 is 0 Å². The molecule has 0 unspecified atom stereocenters. The van der Waals surface area contributed by atoms with E-state index < -0.39 is 35.8 Å². The van der Waals surface area contributed by atoms with Crippen molar-refractivity contribution in [2.75, 3.05) is 18.6 Å². The van der Waals surface area contributed by atoms with Gasteiger partial charge in [0.05, 0.1) is 48.7 Å². The molecule has 0 saturated carbocycles. The Hall–Kier alpha value is -4.76. The third-order valence-electron chi connectivity index (χ3n) is 8.14. The Morgan fingerprint density at radius 2 is 1.50 bits per heavy atom. The quantitative estimate of drug-likeness (QED) is 0.230. The zero-order chi connectivity index (χ0) is 29.4. The number of likely N-dealkylation sites (tertiary alicyclic amines) is 1. The number of hydrogen-bond donors (Lipinski definition) is 0. The predicted octanol–water partition coefficient (Wildman–Crippen LogP) is 4.48. The predicted molar refractivity (Wildman–Crippen MR) is 156 cm³/mol. The molecule has 3 aromatic carbocycles. The topological polar surface area (TPSA) is 94.0 Å². The summed E-state index contributed by atoms with van der Waals surface area (Å²) in [7, 11) is 1.55. The molecular formula is C33H32N4O5. The molecule has 0 bridgehead atoms. The van der Waals surface area contributed by atoms with Gasteiger partial charge in [-0.2, -0.15) is 5.10 Å². The van der Waals surface area contributed by atoms with Gasteiger partial charge >= 0.3 is 5.97 Å². The van der Waals surface area contributed by atoms with Crippen LogP contribution in [0.15, 0.2) is 91.1 Å². The summed E-state index contributed by atoms with van der Waals surface area (Å²) >= 11 is 0. The molecule has 214 valence electrons. The number of esters is 1. The standard InChI is InChI=1S/C33H32N4O5/c1-4-42-33(40)30-28-27(31(38)37(32(28)39)24-15-17-25(41-3)18-16-24)29(35(30)19-22-11-7-5-8-12-22)26-20-36(34-21(26)2)23-13-9-6-10-14-23/h5-18,20,27-30H,4,19H2,1-3H3/t27-,28+,29-,30+/m0/s1. The fraction of sp³-hybridized carbons (Fsp3) is 0.273. The van der Waals surface area contributed by atoms with Gasteiger partial charge in [-0.3, -0.25) is 19.3 Å². The third kappa shape index (κ3) is 4.65. The number of ether oxygens (including phenoxy) is 2. The van der Waals surface area contributed by atoms with E-state index in [0.717, 1.165) is 16.8 Å². The minimum absolute atomic E-state index is 0.159. The van der Waals surface area contributed by atoms with Crippen molar-refractivity contribution in [3.8, 4) is 11.4 Å². The van der Waals surface area contributed by atoms with E-state index in [1.54, 1.807) is 43.0 Å². The summed E-state index contributed by atoms with van der Waals surface area (Å²) in [5.74, 6) is -2.41. The maximum atomic E-state index is 14.3. The van der Waals surface area contributed by atoms with Crippen LogP contribution in [0, 0.1) is 18.8 Å². The Bertz CT molecular complexity index is 1600. The molecule has 9 heteroatoms. The van der Waals surface area contributed by atoms with E-state index in [-0.39, 0.29) is 12.5 Å². The molecule has 4 atom stereocenters. The van der Waals surface area contributed by atoms with Crippen molar-refractivity contribution in [1.29, 1.82) is 0 Å². The second kappa shape index (κ2) is 11.3. The highest BCUT2D eigenvalue weighted by atomic mass is 16.5. The van der Waals surface area contributed by atoms with Crippen LogP contribution in [0.4, 0.5) is 5.69 Å². The summed E-state index contributed by atoms with van der Waals surface area (Å²) < 4.78 is 12.6. The van der Waals surface area contributed by atoms with Crippen molar-refractivity contribution in [3.63, 3.8) is 0 Å². The van der Waals surface area contributed by atoms with Crippen LogP contribution in [0.5, 0.6) is 5.75 Å². The lowest BCUT2D eigenvalue weighted by Gasteiger charge is -2.32. The van der Waals surface area contributed by atoms with E-state index in [1.165, 1.54) is 4.90 Å². The number of aromatic nitrogens is 2. The Kier molecular flexibility index (Phi) is 7.34. The zero-order valence-electron chi connectivity index (χ0n) is 23.7. The van der Waals surface area contributed by atoms with Crippen molar-refractivity contribution in [2.24, 2.45) is 11.8 Å². The van der Waals surface area contributed by atoms with Crippen LogP contribution in [0.3, 0.4) is 0 Å². The highest BCUT2D eigenvalue weighted by Crippen LogP contribution is 2.52. The van der Waals surface area contributed by atoms with Crippen molar-refractivity contribution in [3.05, 3.63) is 108 Å². The second-order valence-corrected chi connectivity index (χ2v) is 10.5. The first-order valence-corrected chi connectivity index (χ1v) is 14.0. The van der Waals surface area contributed by atoms with Gasteiger partial charge in [-0.05, 0) is 55.8 Å². The van der Waals surface area contributed by atoms with Crippen LogP contribution in [-0.4, -0.2) is 52.2 Å². The first-order chi connectivity index (χ1) is 20.4. The molecule has 0 spiro atoms. The lowest BCUT2D eigenvalue weighted by atomic mass is 9.86. The first-order valence-electron chi connectivity index (χ1n) is 14.0. The molecule has 4 aromatic rings. The Balaban J connectivity index is 1.50. The number of benzene rings is 3. The number of para-hydroxylation sites is 1. The van der Waals surface area contributed by atoms with Crippen LogP contribution in [0.2, 0.25) is 0 Å². The molecule has 2 aliphatic heterocycles. The van der Waals surface area contributed by atoms with Gasteiger partial charge in [0.2, 0.25) is 11.8 Å². The highest BCUT2D eigenvalue weighted by molar-refractivity contribution is 6.23. The molecule has 1 aromatic heterocycles. The van der Waals surface area contributed by atoms with Crippen molar-refractivity contribution >= 4 is 23.5 Å². The lowest BCUT2D eigenvalue weighted by molar-refractivity contribution is -0.152. The number of carbonyl (C=O) groups excluding carboxylic acids is 3. The average molecular weight is 565 g/mol. The van der Waals surface area contributed by atoms with Gasteiger partial charge in [-0.1, -0.05) is 48.5 Å². The van der Waals surface area contributed by atoms with Gasteiger partial charge in [0.25, 0.3) is 0 Å². The summed E-state index contributed by atoms with van der Waals surface area (Å²) in [5, 5.41) is 4.78. The number of fused-ring (bicyclic) bond motifs is 1. The van der Waals surface area contributed by atoms with E-state index in [4.69, 9.17) is 14.6 Å². The molecule has 0 N–H and O–H groups in total. The van der Waals surface area contributed by atoms with E-state index in [2.05, 4.69) is 0 Å². The molecule has 2 aliphatic rings. The minimum atomic E-state index is -0.959. The van der Waals surface area contributed by atoms with Gasteiger partial charge in [0, 0.05) is 18.3 Å². The first kappa shape index (κ1) is 27.4. The van der Waals surface area contributed by atoms with Crippen molar-refractivity contribution < 1.29 is 23.9 Å². The molecule has 3 heterocycles. The van der Waals surface area contributed by atoms with E-state index in [9.17, 15) is 14.4 Å². The van der Waals surface area contributed by atoms with Gasteiger partial charge in [-0.15, -0.1) is 0 Å². The number of methoxy groups -OCH3 is 1. The Morgan fingerprint density at radius 1 is 0.857 bits per heavy atom. The monoisotopic (exact) mass is 564 g/mol. The normalized spacial score (nSPS) is 21.9. The molecule has 2 amide bonds. The highest BCUT2D eigenvalue weighted by Gasteiger charge is 2.65. The molecule has 42 heavy (non-hydrogen) atoms. The number of nitrogens with zero attached hydrogens (tertiary/aromatic N) is 4. The number of amides is 2. The summed E-state index contributed by atoms with van der Waals surface area (Å²) in [4.78, 5) is 45.3. The zero-order valence-corrected chi connectivity index (χ0v) is 23.7. The van der Waals surface area contributed by atoms with Crippen LogP contribution in [-0.2, 0) is 25.7 Å². The van der Waals surface area contributed by atoms with E-state index in [0.29, 0.717) is 23.7 Å². The maximum Gasteiger partial charge on any atom is 0.324 e. The van der Waals surface area contributed by atoms with Gasteiger partial charge in [0.1, 0.15) is 11.8 Å². The van der Waals surface area contributed by atoms with Crippen LogP contribution >= 0.6 is 0 Å².